The van der Waals surface area contributed by atoms with Crippen LogP contribution in [-0.2, 0) is 6.42 Å². The van der Waals surface area contributed by atoms with E-state index in [0.29, 0.717) is 5.75 Å². The summed E-state index contributed by atoms with van der Waals surface area (Å²) < 4.78 is 4.60. The minimum atomic E-state index is -2.81. The second-order valence-electron chi connectivity index (χ2n) is 4.83. The third-order valence-electron chi connectivity index (χ3n) is 3.17. The molecule has 1 aromatic rings. The van der Waals surface area contributed by atoms with Gasteiger partial charge < -0.3 is 14.3 Å². The third-order valence-corrected chi connectivity index (χ3v) is 3.53. The summed E-state index contributed by atoms with van der Waals surface area (Å²) in [6.45, 7) is 2.23. The molecule has 0 radical (unpaired) electrons. The maximum atomic E-state index is 10.4. The zero-order valence-corrected chi connectivity index (χ0v) is 15.4. The third kappa shape index (κ3) is 10.4. The van der Waals surface area contributed by atoms with Crippen LogP contribution in [0.15, 0.2) is 24.3 Å². The van der Waals surface area contributed by atoms with Gasteiger partial charge in [0.15, 0.2) is 0 Å². The number of unbranched alkanes of at least 4 members (excludes halogenated alkanes) is 6. The first-order chi connectivity index (χ1) is 9.22. The summed E-state index contributed by atoms with van der Waals surface area (Å²) in [5.41, 5.74) is 1.24. The molecule has 0 aliphatic heterocycles. The summed E-state index contributed by atoms with van der Waals surface area (Å²) in [6, 6.07) is 7.29. The number of aryl methyl sites for hydroxylation is 1. The average molecular weight is 322 g/mol. The molecular weight excluding hydrogens is 299 g/mol. The predicted octanol–water partition coefficient (Wildman–Crippen LogP) is 2.93. The van der Waals surface area contributed by atoms with Crippen molar-refractivity contribution in [2.24, 2.45) is 0 Å². The van der Waals surface area contributed by atoms with Crippen molar-refractivity contribution < 1.29 is 14.3 Å². The van der Waals surface area contributed by atoms with Crippen molar-refractivity contribution in [2.75, 3.05) is 0 Å². The van der Waals surface area contributed by atoms with Gasteiger partial charge in [-0.15, -0.1) is 0 Å². The van der Waals surface area contributed by atoms with Crippen molar-refractivity contribution in [1.29, 1.82) is 0 Å². The van der Waals surface area contributed by atoms with Gasteiger partial charge >= 0.3 is 37.7 Å². The van der Waals surface area contributed by atoms with E-state index >= 15 is 0 Å². The Morgan fingerprint density at radius 2 is 1.45 bits per heavy atom. The quantitative estimate of drug-likeness (QED) is 0.378. The molecule has 1 aromatic carbocycles. The normalized spacial score (nSPS) is 10.4. The molecule has 0 bridgehead atoms. The molecule has 20 heavy (non-hydrogen) atoms. The summed E-state index contributed by atoms with van der Waals surface area (Å²) in [5.74, 6) is 0.388. The van der Waals surface area contributed by atoms with Gasteiger partial charge in [-0.3, -0.25) is 0 Å². The van der Waals surface area contributed by atoms with Gasteiger partial charge in [-0.05, 0) is 30.5 Å². The van der Waals surface area contributed by atoms with Crippen LogP contribution in [0.1, 0.15) is 57.4 Å². The van der Waals surface area contributed by atoms with E-state index in [1.54, 1.807) is 12.1 Å². The molecule has 0 atom stereocenters. The predicted molar refractivity (Wildman–Crippen MR) is 81.4 cm³/mol. The van der Waals surface area contributed by atoms with Gasteiger partial charge in [-0.25, -0.2) is 0 Å². The minimum absolute atomic E-state index is 0. The zero-order chi connectivity index (χ0) is 13.9. The number of hydrogen-bond acceptors (Lipinski definition) is 3. The monoisotopic (exact) mass is 322 g/mol. The fourth-order valence-electron chi connectivity index (χ4n) is 2.09. The topological polar surface area (TPSA) is 55.3 Å². The van der Waals surface area contributed by atoms with Crippen LogP contribution in [0, 0.1) is 0 Å². The van der Waals surface area contributed by atoms with Crippen LogP contribution in [0.5, 0.6) is 5.75 Å². The van der Waals surface area contributed by atoms with Gasteiger partial charge in [-0.2, -0.15) is 0 Å². The van der Waals surface area contributed by atoms with Crippen LogP contribution in [-0.4, -0.2) is 37.7 Å². The van der Waals surface area contributed by atoms with E-state index in [1.807, 2.05) is 12.1 Å². The number of rotatable bonds is 10. The van der Waals surface area contributed by atoms with E-state index < -0.39 is 8.60 Å². The SMILES string of the molecule is CCCCCCCCCc1ccc(OP([O-])[O-])cc1.[Ca+2]. The Morgan fingerprint density at radius 1 is 0.900 bits per heavy atom. The fourth-order valence-corrected chi connectivity index (χ4v) is 2.38. The van der Waals surface area contributed by atoms with Gasteiger partial charge in [0.25, 0.3) is 0 Å². The second-order valence-corrected chi connectivity index (χ2v) is 5.46. The van der Waals surface area contributed by atoms with Gasteiger partial charge in [0.05, 0.1) is 0 Å². The Labute approximate surface area is 153 Å². The molecule has 0 saturated carbocycles. The Balaban J connectivity index is 0.00000361. The molecule has 3 nitrogen and oxygen atoms in total. The molecule has 0 saturated heterocycles. The maximum Gasteiger partial charge on any atom is 2.00 e. The molecule has 0 aliphatic carbocycles. The second kappa shape index (κ2) is 13.3. The first-order valence-electron chi connectivity index (χ1n) is 7.13. The molecule has 5 heteroatoms. The first-order valence-corrected chi connectivity index (χ1v) is 8.23. The van der Waals surface area contributed by atoms with E-state index in [2.05, 4.69) is 11.4 Å². The van der Waals surface area contributed by atoms with E-state index in [0.717, 1.165) is 6.42 Å². The molecule has 0 heterocycles. The fraction of sp³-hybridized carbons (Fsp3) is 0.600. The van der Waals surface area contributed by atoms with Gasteiger partial charge in [0.2, 0.25) is 0 Å². The summed E-state index contributed by atoms with van der Waals surface area (Å²) in [7, 11) is -2.81. The molecule has 0 aromatic heterocycles. The van der Waals surface area contributed by atoms with Crippen LogP contribution in [0.2, 0.25) is 0 Å². The van der Waals surface area contributed by atoms with Crippen LogP contribution >= 0.6 is 8.60 Å². The van der Waals surface area contributed by atoms with Crippen molar-refractivity contribution in [3.05, 3.63) is 29.8 Å². The Morgan fingerprint density at radius 3 is 2.00 bits per heavy atom. The van der Waals surface area contributed by atoms with E-state index in [4.69, 9.17) is 0 Å². The number of benzene rings is 1. The largest absolute Gasteiger partial charge is 2.00 e. The zero-order valence-electron chi connectivity index (χ0n) is 12.3. The van der Waals surface area contributed by atoms with Crippen LogP contribution in [0.3, 0.4) is 0 Å². The Hall–Kier alpha value is 0.630. The van der Waals surface area contributed by atoms with Crippen molar-refractivity contribution in [3.63, 3.8) is 0 Å². The molecule has 0 amide bonds. The summed E-state index contributed by atoms with van der Waals surface area (Å²) in [6.07, 6.45) is 10.2. The Kier molecular flexibility index (Phi) is 13.7. The molecule has 0 aliphatic rings. The summed E-state index contributed by atoms with van der Waals surface area (Å²) in [4.78, 5) is 20.8. The van der Waals surface area contributed by atoms with Crippen molar-refractivity contribution in [2.45, 2.75) is 58.3 Å². The number of hydrogen-bond donors (Lipinski definition) is 0. The molecule has 1 rings (SSSR count). The van der Waals surface area contributed by atoms with E-state index in [-0.39, 0.29) is 37.7 Å². The smallest absolute Gasteiger partial charge is 0.810 e. The van der Waals surface area contributed by atoms with Gasteiger partial charge in [-0.1, -0.05) is 66.2 Å². The van der Waals surface area contributed by atoms with Crippen molar-refractivity contribution >= 4 is 46.3 Å². The van der Waals surface area contributed by atoms with Gasteiger partial charge in [0, 0.05) is 0 Å². The first kappa shape index (κ1) is 20.6. The van der Waals surface area contributed by atoms with Crippen LogP contribution in [0.25, 0.3) is 0 Å². The van der Waals surface area contributed by atoms with Crippen molar-refractivity contribution in [1.82, 2.24) is 0 Å². The van der Waals surface area contributed by atoms with E-state index in [1.165, 1.54) is 50.5 Å². The van der Waals surface area contributed by atoms with Crippen molar-refractivity contribution in [3.8, 4) is 5.75 Å². The van der Waals surface area contributed by atoms with Gasteiger partial charge in [0.1, 0.15) is 5.75 Å². The van der Waals surface area contributed by atoms with Crippen LogP contribution < -0.4 is 14.3 Å². The average Bonchev–Trinajstić information content (AvgIpc) is 2.39. The van der Waals surface area contributed by atoms with Crippen LogP contribution in [0.4, 0.5) is 0 Å². The molecule has 0 fully saturated rings. The Bertz CT molecular complexity index is 330. The molecule has 0 spiro atoms. The molecule has 0 unspecified atom stereocenters. The molecule has 108 valence electrons. The standard InChI is InChI=1S/C15H23O3P.Ca/c1-2-3-4-5-6-7-8-9-14-10-12-15(13-11-14)18-19(16)17;/h10-13H,2-9H2,1H3;/q-2;+2. The summed E-state index contributed by atoms with van der Waals surface area (Å²) in [5, 5.41) is 0. The summed E-state index contributed by atoms with van der Waals surface area (Å²) >= 11 is 0. The minimum Gasteiger partial charge on any atom is -0.810 e. The molecular formula is C15H23CaO3P. The molecule has 0 N–H and O–H groups in total. The maximum absolute atomic E-state index is 10.4. The van der Waals surface area contributed by atoms with E-state index in [9.17, 15) is 9.79 Å².